The van der Waals surface area contributed by atoms with E-state index in [1.54, 1.807) is 11.8 Å². The second kappa shape index (κ2) is 17.1. The summed E-state index contributed by atoms with van der Waals surface area (Å²) in [6, 6.07) is 31.6. The average Bonchev–Trinajstić information content (AvgIpc) is 3.10. The monoisotopic (exact) mass is 668 g/mol. The number of aliphatic carboxylic acids is 1. The van der Waals surface area contributed by atoms with Gasteiger partial charge in [0.25, 0.3) is 0 Å². The molecule has 0 aromatic heterocycles. The van der Waals surface area contributed by atoms with Crippen molar-refractivity contribution in [3.63, 3.8) is 0 Å². The van der Waals surface area contributed by atoms with Gasteiger partial charge in [-0.15, -0.1) is 11.8 Å². The number of rotatable bonds is 14. The molecule has 3 atom stereocenters. The molecule has 10 heteroatoms. The third kappa shape index (κ3) is 10.3. The van der Waals surface area contributed by atoms with E-state index in [0.29, 0.717) is 25.1 Å². The van der Waals surface area contributed by atoms with Gasteiger partial charge in [-0.3, -0.25) is 14.4 Å². The SMILES string of the molecule is CC(=O)Nc1ccc(SC[C@@H]2C[C@H](c3ccc(CO)cc3)O[C@H](c3cccc(-c4cccc(CNC(=O)CCCC(=O)O)c4)c3)O2)cc1. The van der Waals surface area contributed by atoms with Crippen molar-refractivity contribution in [3.8, 4) is 11.1 Å². The summed E-state index contributed by atoms with van der Waals surface area (Å²) in [6.07, 6.45) is 0.178. The van der Waals surface area contributed by atoms with Crippen LogP contribution in [0.5, 0.6) is 0 Å². The highest BCUT2D eigenvalue weighted by molar-refractivity contribution is 7.99. The predicted molar refractivity (Wildman–Crippen MR) is 185 cm³/mol. The molecular formula is C38H40N2O7S. The van der Waals surface area contributed by atoms with Crippen molar-refractivity contribution in [2.24, 2.45) is 0 Å². The standard InChI is InChI=1S/C38H40N2O7S/c1-25(42)40-32-15-17-34(18-16-32)48-24-33-21-35(28-13-11-26(23-41)12-14-28)47-38(46-33)31-8-3-7-30(20-31)29-6-2-5-27(19-29)22-39-36(43)9-4-10-37(44)45/h2-3,5-8,11-20,33,35,38,41H,4,9-10,21-24H2,1H3,(H,39,43)(H,40,42)(H,44,45)/t33-,35+,38+/m0/s1. The molecule has 1 heterocycles. The summed E-state index contributed by atoms with van der Waals surface area (Å²) in [5.74, 6) is -0.489. The van der Waals surface area contributed by atoms with Crippen molar-refractivity contribution in [3.05, 3.63) is 119 Å². The molecule has 9 nitrogen and oxygen atoms in total. The minimum absolute atomic E-state index is 0.0231. The number of hydrogen-bond acceptors (Lipinski definition) is 7. The van der Waals surface area contributed by atoms with E-state index >= 15 is 0 Å². The topological polar surface area (TPSA) is 134 Å². The molecule has 4 aromatic rings. The minimum atomic E-state index is -0.908. The highest BCUT2D eigenvalue weighted by Gasteiger charge is 2.32. The molecule has 0 aliphatic carbocycles. The van der Waals surface area contributed by atoms with Crippen LogP contribution in [0.1, 0.15) is 67.3 Å². The number of nitrogens with one attached hydrogen (secondary N) is 2. The summed E-state index contributed by atoms with van der Waals surface area (Å²) in [5.41, 5.74) is 6.39. The van der Waals surface area contributed by atoms with Gasteiger partial charge in [-0.25, -0.2) is 0 Å². The summed E-state index contributed by atoms with van der Waals surface area (Å²) in [5, 5.41) is 24.0. The Hall–Kier alpha value is -4.48. The Morgan fingerprint density at radius 3 is 2.27 bits per heavy atom. The second-order valence-electron chi connectivity index (χ2n) is 11.7. The Morgan fingerprint density at radius 1 is 0.833 bits per heavy atom. The van der Waals surface area contributed by atoms with Crippen LogP contribution in [0.15, 0.2) is 102 Å². The molecule has 0 unspecified atom stereocenters. The fourth-order valence-electron chi connectivity index (χ4n) is 5.46. The van der Waals surface area contributed by atoms with E-state index in [0.717, 1.165) is 44.0 Å². The molecule has 1 saturated heterocycles. The summed E-state index contributed by atoms with van der Waals surface area (Å²) in [4.78, 5) is 35.4. The van der Waals surface area contributed by atoms with Gasteiger partial charge in [0.2, 0.25) is 11.8 Å². The van der Waals surface area contributed by atoms with Gasteiger partial charge < -0.3 is 30.3 Å². The molecule has 0 saturated carbocycles. The van der Waals surface area contributed by atoms with Gasteiger partial charge in [-0.2, -0.15) is 0 Å². The zero-order chi connectivity index (χ0) is 33.9. The Kier molecular flexibility index (Phi) is 12.4. The fraction of sp³-hybridized carbons (Fsp3) is 0.289. The zero-order valence-corrected chi connectivity index (χ0v) is 27.6. The number of carbonyl (C=O) groups is 3. The molecular weight excluding hydrogens is 628 g/mol. The second-order valence-corrected chi connectivity index (χ2v) is 12.8. The molecule has 2 amide bonds. The van der Waals surface area contributed by atoms with Crippen molar-refractivity contribution >= 4 is 35.2 Å². The maximum absolute atomic E-state index is 12.2. The number of carboxylic acids is 1. The van der Waals surface area contributed by atoms with E-state index in [1.807, 2.05) is 91.0 Å². The average molecular weight is 669 g/mol. The van der Waals surface area contributed by atoms with Crippen molar-refractivity contribution in [2.45, 2.75) is 69.2 Å². The molecule has 48 heavy (non-hydrogen) atoms. The Labute approximate surface area is 284 Å². The van der Waals surface area contributed by atoms with Crippen LogP contribution < -0.4 is 10.6 Å². The number of aliphatic hydroxyl groups is 1. The molecule has 0 spiro atoms. The maximum Gasteiger partial charge on any atom is 0.303 e. The first kappa shape index (κ1) is 34.8. The van der Waals surface area contributed by atoms with Crippen LogP contribution in [0.2, 0.25) is 0 Å². The Balaban J connectivity index is 1.30. The summed E-state index contributed by atoms with van der Waals surface area (Å²) in [7, 11) is 0. The molecule has 1 aliphatic rings. The number of anilines is 1. The molecule has 0 radical (unpaired) electrons. The summed E-state index contributed by atoms with van der Waals surface area (Å²) in [6.45, 7) is 1.81. The van der Waals surface area contributed by atoms with Gasteiger partial charge in [0.15, 0.2) is 6.29 Å². The number of benzene rings is 4. The van der Waals surface area contributed by atoms with E-state index in [1.165, 1.54) is 6.92 Å². The van der Waals surface area contributed by atoms with Crippen LogP contribution in [0, 0.1) is 0 Å². The maximum atomic E-state index is 12.2. The van der Waals surface area contributed by atoms with E-state index in [-0.39, 0.29) is 43.5 Å². The van der Waals surface area contributed by atoms with Gasteiger partial charge in [0.05, 0.1) is 18.8 Å². The third-order valence-electron chi connectivity index (χ3n) is 7.93. The number of aliphatic hydroxyl groups excluding tert-OH is 1. The number of hydrogen-bond donors (Lipinski definition) is 4. The first-order valence-corrected chi connectivity index (χ1v) is 16.9. The molecule has 0 bridgehead atoms. The summed E-state index contributed by atoms with van der Waals surface area (Å²) < 4.78 is 13.1. The van der Waals surface area contributed by atoms with Gasteiger partial charge in [0.1, 0.15) is 0 Å². The van der Waals surface area contributed by atoms with Crippen LogP contribution >= 0.6 is 11.8 Å². The van der Waals surface area contributed by atoms with Gasteiger partial charge in [-0.05, 0) is 70.6 Å². The van der Waals surface area contributed by atoms with Crippen molar-refractivity contribution in [1.82, 2.24) is 5.32 Å². The predicted octanol–water partition coefficient (Wildman–Crippen LogP) is 7.01. The molecule has 1 fully saturated rings. The molecule has 1 aliphatic heterocycles. The lowest BCUT2D eigenvalue weighted by atomic mass is 9.99. The first-order valence-electron chi connectivity index (χ1n) is 15.9. The van der Waals surface area contributed by atoms with Gasteiger partial charge in [-0.1, -0.05) is 60.7 Å². The molecule has 4 N–H and O–H groups in total. The van der Waals surface area contributed by atoms with E-state index < -0.39 is 12.3 Å². The van der Waals surface area contributed by atoms with E-state index in [2.05, 4.69) is 16.7 Å². The zero-order valence-electron chi connectivity index (χ0n) is 26.8. The highest BCUT2D eigenvalue weighted by Crippen LogP contribution is 2.40. The molecule has 5 rings (SSSR count). The number of carboxylic acid groups (broad SMARTS) is 1. The van der Waals surface area contributed by atoms with E-state index in [9.17, 15) is 19.5 Å². The van der Waals surface area contributed by atoms with Crippen LogP contribution in [0.25, 0.3) is 11.1 Å². The Bertz CT molecular complexity index is 1690. The number of thioether (sulfide) groups is 1. The van der Waals surface area contributed by atoms with Crippen LogP contribution in [0.3, 0.4) is 0 Å². The van der Waals surface area contributed by atoms with Crippen LogP contribution in [-0.2, 0) is 37.0 Å². The van der Waals surface area contributed by atoms with Crippen molar-refractivity contribution in [2.75, 3.05) is 11.1 Å². The quantitative estimate of drug-likeness (QED) is 0.105. The van der Waals surface area contributed by atoms with E-state index in [4.69, 9.17) is 14.6 Å². The lowest BCUT2D eigenvalue weighted by Crippen LogP contribution is -2.31. The lowest BCUT2D eigenvalue weighted by Gasteiger charge is -2.36. The third-order valence-corrected chi connectivity index (χ3v) is 9.07. The van der Waals surface area contributed by atoms with Crippen molar-refractivity contribution in [1.29, 1.82) is 0 Å². The van der Waals surface area contributed by atoms with Gasteiger partial charge in [0, 0.05) is 54.6 Å². The Morgan fingerprint density at radius 2 is 1.56 bits per heavy atom. The number of amides is 2. The minimum Gasteiger partial charge on any atom is -0.481 e. The molecule has 250 valence electrons. The first-order chi connectivity index (χ1) is 23.2. The smallest absolute Gasteiger partial charge is 0.303 e. The van der Waals surface area contributed by atoms with Gasteiger partial charge >= 0.3 is 5.97 Å². The number of carbonyl (C=O) groups excluding carboxylic acids is 2. The highest BCUT2D eigenvalue weighted by atomic mass is 32.2. The van der Waals surface area contributed by atoms with Crippen molar-refractivity contribution < 1.29 is 34.1 Å². The molecule has 4 aromatic carbocycles. The largest absolute Gasteiger partial charge is 0.481 e. The number of ether oxygens (including phenoxy) is 2. The van der Waals surface area contributed by atoms with Crippen LogP contribution in [0.4, 0.5) is 5.69 Å². The van der Waals surface area contributed by atoms with Crippen LogP contribution in [-0.4, -0.2) is 39.9 Å². The lowest BCUT2D eigenvalue weighted by molar-refractivity contribution is -0.245. The summed E-state index contributed by atoms with van der Waals surface area (Å²) >= 11 is 1.69. The fourth-order valence-corrected chi connectivity index (χ4v) is 6.39. The normalized spacial score (nSPS) is 17.4.